The van der Waals surface area contributed by atoms with Gasteiger partial charge in [0.15, 0.2) is 0 Å². The summed E-state index contributed by atoms with van der Waals surface area (Å²) in [7, 11) is 0. The van der Waals surface area contributed by atoms with Crippen LogP contribution in [0, 0.1) is 0 Å². The Morgan fingerprint density at radius 2 is 1.96 bits per heavy atom. The number of halogens is 1. The standard InChI is InChI=1S/C19H24ClN3O3/c1-13(14-7-6-8-15(20)11-14)21-16(24)12-23-17(25)19(22-18(23)26)9-4-2-3-5-10-19/h6-8,11,13H,2-5,9-10,12H2,1H3,(H,21,24)(H,22,26)/t13-/m1/s1. The van der Waals surface area contributed by atoms with Gasteiger partial charge in [-0.25, -0.2) is 4.79 Å². The van der Waals surface area contributed by atoms with Gasteiger partial charge < -0.3 is 10.6 Å². The lowest BCUT2D eigenvalue weighted by Gasteiger charge is -2.24. The van der Waals surface area contributed by atoms with Crippen molar-refractivity contribution in [2.75, 3.05) is 6.54 Å². The zero-order chi connectivity index (χ0) is 18.7. The van der Waals surface area contributed by atoms with Crippen LogP contribution >= 0.6 is 11.6 Å². The van der Waals surface area contributed by atoms with Crippen molar-refractivity contribution in [3.05, 3.63) is 34.9 Å². The second kappa shape index (κ2) is 7.66. The number of benzene rings is 1. The van der Waals surface area contributed by atoms with E-state index < -0.39 is 11.6 Å². The van der Waals surface area contributed by atoms with Crippen LogP contribution in [0.15, 0.2) is 24.3 Å². The smallest absolute Gasteiger partial charge is 0.325 e. The molecule has 0 radical (unpaired) electrons. The SMILES string of the molecule is C[C@@H](NC(=O)CN1C(=O)NC2(CCCCCC2)C1=O)c1cccc(Cl)c1. The fourth-order valence-electron chi connectivity index (χ4n) is 3.78. The largest absolute Gasteiger partial charge is 0.348 e. The quantitative estimate of drug-likeness (QED) is 0.791. The number of urea groups is 1. The molecule has 2 aliphatic rings. The highest BCUT2D eigenvalue weighted by Crippen LogP contribution is 2.32. The topological polar surface area (TPSA) is 78.5 Å². The molecule has 6 nitrogen and oxygen atoms in total. The average molecular weight is 378 g/mol. The first-order valence-electron chi connectivity index (χ1n) is 9.10. The maximum Gasteiger partial charge on any atom is 0.325 e. The number of rotatable bonds is 4. The first kappa shape index (κ1) is 18.7. The van der Waals surface area contributed by atoms with Crippen molar-refractivity contribution >= 4 is 29.4 Å². The lowest BCUT2D eigenvalue weighted by Crippen LogP contribution is -2.47. The normalized spacial score (nSPS) is 20.6. The summed E-state index contributed by atoms with van der Waals surface area (Å²) in [4.78, 5) is 38.6. The van der Waals surface area contributed by atoms with Gasteiger partial charge in [-0.15, -0.1) is 0 Å². The van der Waals surface area contributed by atoms with Crippen molar-refractivity contribution < 1.29 is 14.4 Å². The van der Waals surface area contributed by atoms with E-state index in [1.807, 2.05) is 19.1 Å². The Labute approximate surface area is 158 Å². The number of carbonyl (C=O) groups is 3. The van der Waals surface area contributed by atoms with E-state index in [1.54, 1.807) is 12.1 Å². The summed E-state index contributed by atoms with van der Waals surface area (Å²) in [6.07, 6.45) is 5.27. The minimum absolute atomic E-state index is 0.267. The zero-order valence-corrected chi connectivity index (χ0v) is 15.6. The van der Waals surface area contributed by atoms with Crippen molar-refractivity contribution in [3.63, 3.8) is 0 Å². The molecule has 2 fully saturated rings. The summed E-state index contributed by atoms with van der Waals surface area (Å²) in [6, 6.07) is 6.48. The Bertz CT molecular complexity index is 714. The molecule has 1 atom stereocenters. The molecule has 1 saturated heterocycles. The van der Waals surface area contributed by atoms with E-state index in [1.165, 1.54) is 0 Å². The predicted molar refractivity (Wildman–Crippen MR) is 98.7 cm³/mol. The molecule has 140 valence electrons. The molecule has 3 rings (SSSR count). The molecule has 1 saturated carbocycles. The number of nitrogens with zero attached hydrogens (tertiary/aromatic N) is 1. The summed E-state index contributed by atoms with van der Waals surface area (Å²) >= 11 is 5.98. The van der Waals surface area contributed by atoms with Gasteiger partial charge in [0.25, 0.3) is 5.91 Å². The lowest BCUT2D eigenvalue weighted by atomic mass is 9.90. The van der Waals surface area contributed by atoms with Gasteiger partial charge in [0.05, 0.1) is 6.04 Å². The van der Waals surface area contributed by atoms with Gasteiger partial charge in [-0.3, -0.25) is 14.5 Å². The second-order valence-electron chi connectivity index (χ2n) is 7.16. The third kappa shape index (κ3) is 3.85. The molecule has 1 aromatic rings. The monoisotopic (exact) mass is 377 g/mol. The third-order valence-electron chi connectivity index (χ3n) is 5.23. The minimum Gasteiger partial charge on any atom is -0.348 e. The van der Waals surface area contributed by atoms with Crippen molar-refractivity contribution in [2.24, 2.45) is 0 Å². The van der Waals surface area contributed by atoms with Crippen LogP contribution in [0.2, 0.25) is 5.02 Å². The summed E-state index contributed by atoms with van der Waals surface area (Å²) in [5.74, 6) is -0.637. The molecule has 1 heterocycles. The number of imide groups is 1. The van der Waals surface area contributed by atoms with E-state index in [0.717, 1.165) is 36.1 Å². The molecule has 4 amide bonds. The Kier molecular flexibility index (Phi) is 5.51. The van der Waals surface area contributed by atoms with Crippen LogP contribution in [0.25, 0.3) is 0 Å². The van der Waals surface area contributed by atoms with Crippen molar-refractivity contribution in [1.82, 2.24) is 15.5 Å². The average Bonchev–Trinajstić information content (AvgIpc) is 2.77. The fourth-order valence-corrected chi connectivity index (χ4v) is 3.98. The van der Waals surface area contributed by atoms with Gasteiger partial charge in [0.2, 0.25) is 5.91 Å². The van der Waals surface area contributed by atoms with Crippen molar-refractivity contribution in [2.45, 2.75) is 57.0 Å². The van der Waals surface area contributed by atoms with Crippen LogP contribution in [-0.4, -0.2) is 34.8 Å². The van der Waals surface area contributed by atoms with Gasteiger partial charge in [-0.05, 0) is 37.5 Å². The number of hydrogen-bond donors (Lipinski definition) is 2. The molecule has 0 aromatic heterocycles. The van der Waals surface area contributed by atoms with E-state index in [9.17, 15) is 14.4 Å². The number of carbonyl (C=O) groups excluding carboxylic acids is 3. The Balaban J connectivity index is 1.63. The molecule has 1 aromatic carbocycles. The summed E-state index contributed by atoms with van der Waals surface area (Å²) in [6.45, 7) is 1.57. The second-order valence-corrected chi connectivity index (χ2v) is 7.60. The molecule has 0 bridgehead atoms. The molecule has 2 N–H and O–H groups in total. The van der Waals surface area contributed by atoms with Gasteiger partial charge in [-0.2, -0.15) is 0 Å². The van der Waals surface area contributed by atoms with E-state index in [2.05, 4.69) is 10.6 Å². The van der Waals surface area contributed by atoms with Crippen LogP contribution in [0.3, 0.4) is 0 Å². The van der Waals surface area contributed by atoms with Gasteiger partial charge in [0, 0.05) is 5.02 Å². The lowest BCUT2D eigenvalue weighted by molar-refractivity contribution is -0.135. The highest BCUT2D eigenvalue weighted by molar-refractivity contribution is 6.30. The maximum absolute atomic E-state index is 12.8. The van der Waals surface area contributed by atoms with Crippen LogP contribution < -0.4 is 10.6 Å². The summed E-state index contributed by atoms with van der Waals surface area (Å²) in [5, 5.41) is 6.26. The third-order valence-corrected chi connectivity index (χ3v) is 5.47. The molecular formula is C19H24ClN3O3. The van der Waals surface area contributed by atoms with Gasteiger partial charge in [0.1, 0.15) is 12.1 Å². The molecule has 7 heteroatoms. The summed E-state index contributed by atoms with van der Waals surface area (Å²) < 4.78 is 0. The first-order valence-corrected chi connectivity index (χ1v) is 9.48. The first-order chi connectivity index (χ1) is 12.4. The van der Waals surface area contributed by atoms with E-state index in [4.69, 9.17) is 11.6 Å². The molecule has 1 aliphatic heterocycles. The maximum atomic E-state index is 12.8. The highest BCUT2D eigenvalue weighted by atomic mass is 35.5. The number of hydrogen-bond acceptors (Lipinski definition) is 3. The number of amides is 4. The van der Waals surface area contributed by atoms with Gasteiger partial charge >= 0.3 is 6.03 Å². The van der Waals surface area contributed by atoms with Crippen molar-refractivity contribution in [3.8, 4) is 0 Å². The van der Waals surface area contributed by atoms with E-state index in [-0.39, 0.29) is 24.4 Å². The Morgan fingerprint density at radius 3 is 2.62 bits per heavy atom. The molecule has 0 unspecified atom stereocenters. The van der Waals surface area contributed by atoms with E-state index in [0.29, 0.717) is 17.9 Å². The molecule has 1 aliphatic carbocycles. The van der Waals surface area contributed by atoms with Gasteiger partial charge in [-0.1, -0.05) is 49.4 Å². The molecular weight excluding hydrogens is 354 g/mol. The van der Waals surface area contributed by atoms with Crippen molar-refractivity contribution in [1.29, 1.82) is 0 Å². The molecule has 1 spiro atoms. The van der Waals surface area contributed by atoms with Crippen LogP contribution in [0.5, 0.6) is 0 Å². The fraction of sp³-hybridized carbons (Fsp3) is 0.526. The van der Waals surface area contributed by atoms with Crippen LogP contribution in [0.1, 0.15) is 57.1 Å². The Hall–Kier alpha value is -2.08. The molecule has 26 heavy (non-hydrogen) atoms. The van der Waals surface area contributed by atoms with Crippen LogP contribution in [0.4, 0.5) is 4.79 Å². The predicted octanol–water partition coefficient (Wildman–Crippen LogP) is 3.16. The Morgan fingerprint density at radius 1 is 1.27 bits per heavy atom. The zero-order valence-electron chi connectivity index (χ0n) is 14.9. The number of nitrogens with one attached hydrogen (secondary N) is 2. The van der Waals surface area contributed by atoms with E-state index >= 15 is 0 Å². The van der Waals surface area contributed by atoms with Crippen LogP contribution in [-0.2, 0) is 9.59 Å². The summed E-state index contributed by atoms with van der Waals surface area (Å²) in [5.41, 5.74) is 0.0511. The minimum atomic E-state index is -0.813. The highest BCUT2D eigenvalue weighted by Gasteiger charge is 2.51.